The highest BCUT2D eigenvalue weighted by Crippen LogP contribution is 2.04. The molecule has 0 fully saturated rings. The standard InChI is InChI=1S/C6H9N4O3P/c1-4(6(7)11)9-10-3-5(2-8-10)14(12)13/h2-4,9H,1H3,(H2,7,11)/t4-/m0/s1. The number of aromatic nitrogens is 2. The highest BCUT2D eigenvalue weighted by molar-refractivity contribution is 7.45. The lowest BCUT2D eigenvalue weighted by atomic mass is 10.3. The first kappa shape index (κ1) is 10.6. The zero-order valence-corrected chi connectivity index (χ0v) is 8.27. The van der Waals surface area contributed by atoms with Crippen molar-refractivity contribution < 1.29 is 14.3 Å². The van der Waals surface area contributed by atoms with E-state index in [1.165, 1.54) is 12.4 Å². The summed E-state index contributed by atoms with van der Waals surface area (Å²) in [7, 11) is -2.65. The summed E-state index contributed by atoms with van der Waals surface area (Å²) in [5.41, 5.74) is 7.57. The van der Waals surface area contributed by atoms with Gasteiger partial charge in [-0.25, -0.2) is 0 Å². The van der Waals surface area contributed by atoms with E-state index in [4.69, 9.17) is 5.73 Å². The lowest BCUT2D eigenvalue weighted by molar-refractivity contribution is -0.160. The van der Waals surface area contributed by atoms with Gasteiger partial charge in [-0.3, -0.25) is 10.2 Å². The molecule has 1 aromatic heterocycles. The summed E-state index contributed by atoms with van der Waals surface area (Å²) < 4.78 is 10.5. The van der Waals surface area contributed by atoms with Crippen molar-refractivity contribution in [3.63, 3.8) is 0 Å². The number of nitrogens with two attached hydrogens (primary N) is 1. The van der Waals surface area contributed by atoms with Gasteiger partial charge in [-0.2, -0.15) is 9.89 Å². The molecule has 1 rings (SSSR count). The van der Waals surface area contributed by atoms with Crippen molar-refractivity contribution in [3.8, 4) is 0 Å². The third-order valence-corrected chi connectivity index (χ3v) is 2.19. The second kappa shape index (κ2) is 4.17. The summed E-state index contributed by atoms with van der Waals surface area (Å²) in [5, 5.41) is 3.75. The zero-order chi connectivity index (χ0) is 10.7. The summed E-state index contributed by atoms with van der Waals surface area (Å²) >= 11 is 0. The summed E-state index contributed by atoms with van der Waals surface area (Å²) in [5.74, 6) is -0.548. The molecular weight excluding hydrogens is 207 g/mol. The number of carbonyl (C=O) groups is 1. The molecule has 1 unspecified atom stereocenters. The maximum Gasteiger partial charge on any atom is 0.352 e. The van der Waals surface area contributed by atoms with Crippen LogP contribution in [-0.2, 0) is 9.36 Å². The molecule has 0 aliphatic carbocycles. The van der Waals surface area contributed by atoms with Crippen molar-refractivity contribution in [2.45, 2.75) is 13.0 Å². The summed E-state index contributed by atoms with van der Waals surface area (Å²) in [4.78, 5) is 22.3. The number of amides is 1. The molecule has 1 heterocycles. The Bertz CT molecular complexity index is 364. The second-order valence-corrected chi connectivity index (χ2v) is 3.68. The number of primary amides is 1. The Labute approximate surface area is 80.7 Å². The van der Waals surface area contributed by atoms with Crippen LogP contribution in [0, 0.1) is 0 Å². The van der Waals surface area contributed by atoms with Gasteiger partial charge in [0.2, 0.25) is 11.2 Å². The van der Waals surface area contributed by atoms with Crippen molar-refractivity contribution in [3.05, 3.63) is 12.4 Å². The van der Waals surface area contributed by atoms with E-state index in [9.17, 15) is 14.3 Å². The van der Waals surface area contributed by atoms with Crippen LogP contribution in [0.15, 0.2) is 12.4 Å². The predicted octanol–water partition coefficient (Wildman–Crippen LogP) is -1.97. The largest absolute Gasteiger partial charge is 0.591 e. The SMILES string of the molecule is C[C@H](Nn1cc([P+](=O)[O-])cn1)C(N)=O. The fourth-order valence-corrected chi connectivity index (χ4v) is 1.09. The van der Waals surface area contributed by atoms with Gasteiger partial charge < -0.3 is 10.6 Å². The fourth-order valence-electron chi connectivity index (χ4n) is 0.740. The third-order valence-electron chi connectivity index (χ3n) is 1.53. The van der Waals surface area contributed by atoms with E-state index < -0.39 is 20.0 Å². The molecular formula is C6H9N4O3P. The van der Waals surface area contributed by atoms with Crippen LogP contribution in [0.3, 0.4) is 0 Å². The minimum Gasteiger partial charge on any atom is -0.591 e. The topological polar surface area (TPSA) is 113 Å². The van der Waals surface area contributed by atoms with Crippen LogP contribution in [0.1, 0.15) is 6.92 Å². The van der Waals surface area contributed by atoms with Crippen LogP contribution in [0.2, 0.25) is 0 Å². The molecule has 76 valence electrons. The van der Waals surface area contributed by atoms with Gasteiger partial charge in [-0.15, -0.1) is 0 Å². The third kappa shape index (κ3) is 2.51. The minimum absolute atomic E-state index is 0.0733. The molecule has 14 heavy (non-hydrogen) atoms. The molecule has 0 aromatic carbocycles. The Balaban J connectivity index is 2.69. The lowest BCUT2D eigenvalue weighted by Crippen LogP contribution is -2.37. The highest BCUT2D eigenvalue weighted by atomic mass is 31.1. The molecule has 8 heteroatoms. The van der Waals surface area contributed by atoms with Gasteiger partial charge >= 0.3 is 8.03 Å². The van der Waals surface area contributed by atoms with Crippen LogP contribution in [0.5, 0.6) is 0 Å². The summed E-state index contributed by atoms with van der Waals surface area (Å²) in [6.07, 6.45) is 2.43. The van der Waals surface area contributed by atoms with Crippen LogP contribution in [0.4, 0.5) is 0 Å². The van der Waals surface area contributed by atoms with E-state index in [1.807, 2.05) is 0 Å². The van der Waals surface area contributed by atoms with E-state index in [2.05, 4.69) is 10.5 Å². The lowest BCUT2D eigenvalue weighted by Gasteiger charge is -2.09. The first-order valence-corrected chi connectivity index (χ1v) is 4.93. The Hall–Kier alpha value is -1.46. The average molecular weight is 216 g/mol. The van der Waals surface area contributed by atoms with E-state index in [-0.39, 0.29) is 5.30 Å². The monoisotopic (exact) mass is 216 g/mol. The molecule has 2 atom stereocenters. The van der Waals surface area contributed by atoms with E-state index in [0.29, 0.717) is 0 Å². The van der Waals surface area contributed by atoms with Gasteiger partial charge in [0.15, 0.2) is 0 Å². The van der Waals surface area contributed by atoms with Crippen molar-refractivity contribution in [1.82, 2.24) is 9.89 Å². The Morgan fingerprint density at radius 1 is 1.86 bits per heavy atom. The Kier molecular flexibility index (Phi) is 3.16. The molecule has 7 nitrogen and oxygen atoms in total. The first-order chi connectivity index (χ1) is 6.50. The van der Waals surface area contributed by atoms with Gasteiger partial charge in [0.1, 0.15) is 18.4 Å². The molecule has 0 bridgehead atoms. The zero-order valence-electron chi connectivity index (χ0n) is 7.38. The molecule has 1 aromatic rings. The van der Waals surface area contributed by atoms with E-state index >= 15 is 0 Å². The van der Waals surface area contributed by atoms with Gasteiger partial charge in [-0.05, 0) is 6.92 Å². The molecule has 0 aliphatic rings. The van der Waals surface area contributed by atoms with Crippen LogP contribution < -0.4 is 21.4 Å². The number of nitrogens with one attached hydrogen (secondary N) is 1. The smallest absolute Gasteiger partial charge is 0.352 e. The first-order valence-electron chi connectivity index (χ1n) is 3.75. The van der Waals surface area contributed by atoms with E-state index in [0.717, 1.165) is 4.79 Å². The van der Waals surface area contributed by atoms with Gasteiger partial charge in [0.05, 0.1) is 0 Å². The van der Waals surface area contributed by atoms with Gasteiger partial charge in [-0.1, -0.05) is 4.57 Å². The number of hydrogen-bond acceptors (Lipinski definition) is 5. The predicted molar refractivity (Wildman–Crippen MR) is 47.5 cm³/mol. The maximum absolute atomic E-state index is 10.6. The number of rotatable bonds is 4. The van der Waals surface area contributed by atoms with E-state index in [1.54, 1.807) is 6.92 Å². The van der Waals surface area contributed by atoms with Crippen molar-refractivity contribution in [2.75, 3.05) is 5.43 Å². The van der Waals surface area contributed by atoms with Crippen LogP contribution in [-0.4, -0.2) is 21.8 Å². The summed E-state index contributed by atoms with van der Waals surface area (Å²) in [6.45, 7) is 1.54. The Morgan fingerprint density at radius 2 is 2.50 bits per heavy atom. The number of carbonyl (C=O) groups excluding carboxylic acids is 1. The average Bonchev–Trinajstić information content (AvgIpc) is 2.52. The number of nitrogens with zero attached hydrogens (tertiary/aromatic N) is 2. The Morgan fingerprint density at radius 3 is 2.93 bits per heavy atom. The summed E-state index contributed by atoms with van der Waals surface area (Å²) in [6, 6.07) is -0.618. The van der Waals surface area contributed by atoms with Gasteiger partial charge in [0.25, 0.3) is 0 Å². The maximum atomic E-state index is 10.6. The molecule has 0 radical (unpaired) electrons. The van der Waals surface area contributed by atoms with Crippen molar-refractivity contribution in [1.29, 1.82) is 0 Å². The van der Waals surface area contributed by atoms with Crippen LogP contribution >= 0.6 is 8.03 Å². The minimum atomic E-state index is -2.65. The quantitative estimate of drug-likeness (QED) is 0.566. The molecule has 0 spiro atoms. The second-order valence-electron chi connectivity index (χ2n) is 2.65. The molecule has 3 N–H and O–H groups in total. The molecule has 0 aliphatic heterocycles. The number of hydrogen-bond donors (Lipinski definition) is 2. The van der Waals surface area contributed by atoms with Gasteiger partial charge in [0, 0.05) is 0 Å². The highest BCUT2D eigenvalue weighted by Gasteiger charge is 2.13. The molecule has 0 saturated carbocycles. The van der Waals surface area contributed by atoms with Crippen molar-refractivity contribution in [2.24, 2.45) is 5.73 Å². The molecule has 0 saturated heterocycles. The normalized spacial score (nSPS) is 13.4. The van der Waals surface area contributed by atoms with Crippen LogP contribution in [0.25, 0.3) is 0 Å². The van der Waals surface area contributed by atoms with Crippen molar-refractivity contribution >= 4 is 19.2 Å². The molecule has 1 amide bonds. The fraction of sp³-hybridized carbons (Fsp3) is 0.333.